The molecule has 4 heterocycles. The molecule has 4 aliphatic heterocycles. The average Bonchev–Trinajstić information content (AvgIpc) is 2.97. The third kappa shape index (κ3) is 8.61. The summed E-state index contributed by atoms with van der Waals surface area (Å²) in [6.07, 6.45) is 8.88. The van der Waals surface area contributed by atoms with Crippen molar-refractivity contribution in [2.24, 2.45) is 29.6 Å². The summed E-state index contributed by atoms with van der Waals surface area (Å²) in [4.78, 5) is 37.7. The van der Waals surface area contributed by atoms with E-state index in [-0.39, 0.29) is 11.6 Å². The molecule has 0 bridgehead atoms. The lowest BCUT2D eigenvalue weighted by molar-refractivity contribution is -0.134. The van der Waals surface area contributed by atoms with Crippen molar-refractivity contribution in [1.82, 2.24) is 24.5 Å². The highest BCUT2D eigenvalue weighted by Gasteiger charge is 2.37. The van der Waals surface area contributed by atoms with Crippen molar-refractivity contribution in [3.05, 3.63) is 0 Å². The second kappa shape index (κ2) is 14.4. The quantitative estimate of drug-likeness (QED) is 0.377. The van der Waals surface area contributed by atoms with Crippen LogP contribution in [0.3, 0.4) is 0 Å². The molecule has 0 aliphatic carbocycles. The first-order valence-electron chi connectivity index (χ1n) is 17.2. The Morgan fingerprint density at radius 2 is 1.17 bits per heavy atom. The van der Waals surface area contributed by atoms with E-state index in [9.17, 15) is 9.59 Å². The first-order chi connectivity index (χ1) is 19.4. The topological polar surface area (TPSA) is 50.3 Å². The van der Waals surface area contributed by atoms with Crippen molar-refractivity contribution >= 4 is 11.9 Å². The molecule has 3 amide bonds. The van der Waals surface area contributed by atoms with Crippen LogP contribution in [0.4, 0.5) is 4.79 Å². The minimum absolute atomic E-state index is 0.177. The molecule has 1 unspecified atom stereocenters. The van der Waals surface area contributed by atoms with Gasteiger partial charge in [-0.3, -0.25) is 14.6 Å². The van der Waals surface area contributed by atoms with Crippen LogP contribution >= 0.6 is 0 Å². The molecule has 0 N–H and O–H groups in total. The van der Waals surface area contributed by atoms with Crippen LogP contribution in [0.1, 0.15) is 99.8 Å². The summed E-state index contributed by atoms with van der Waals surface area (Å²) in [6.45, 7) is 26.1. The number of hydrogen-bond donors (Lipinski definition) is 0. The number of carbonyl (C=O) groups is 2. The zero-order valence-electron chi connectivity index (χ0n) is 27.7. The van der Waals surface area contributed by atoms with Crippen molar-refractivity contribution in [3.8, 4) is 0 Å². The van der Waals surface area contributed by atoms with Crippen LogP contribution in [0.25, 0.3) is 0 Å². The average molecular weight is 574 g/mol. The van der Waals surface area contributed by atoms with Gasteiger partial charge in [-0.05, 0) is 115 Å². The van der Waals surface area contributed by atoms with Crippen LogP contribution in [-0.2, 0) is 4.79 Å². The van der Waals surface area contributed by atoms with Crippen molar-refractivity contribution in [3.63, 3.8) is 0 Å². The summed E-state index contributed by atoms with van der Waals surface area (Å²) >= 11 is 0. The molecular formula is C34H63N5O2. The molecule has 41 heavy (non-hydrogen) atoms. The maximum Gasteiger partial charge on any atom is 0.320 e. The standard InChI is InChI=1S/C34H63N5O2/c1-26(2)30-10-14-36(15-11-30)32(40)24-29-8-18-39(19-9-29)34(6,7)25-28(5)31-12-16-37(17-13-31)33(41)38-22-20-35(21-23-38)27(3)4/h26-31H,8-25H2,1-7H3. The molecule has 4 fully saturated rings. The Labute approximate surface area is 252 Å². The SMILES string of the molecule is CC(C)C1CCN(C(=O)CC2CCN(C(C)(C)CC(C)C3CCN(C(=O)N4CCN(C(C)C)CC4)CC3)CC2)CC1. The van der Waals surface area contributed by atoms with E-state index in [2.05, 4.69) is 73.0 Å². The molecule has 4 rings (SSSR count). The predicted molar refractivity (Wildman–Crippen MR) is 169 cm³/mol. The minimum atomic E-state index is 0.177. The number of amides is 3. The molecule has 4 aliphatic rings. The Hall–Kier alpha value is -1.34. The highest BCUT2D eigenvalue weighted by Crippen LogP contribution is 2.36. The zero-order valence-corrected chi connectivity index (χ0v) is 27.7. The number of piperazine rings is 1. The molecule has 0 saturated carbocycles. The maximum absolute atomic E-state index is 13.2. The van der Waals surface area contributed by atoms with Crippen LogP contribution in [0.2, 0.25) is 0 Å². The smallest absolute Gasteiger partial charge is 0.320 e. The minimum Gasteiger partial charge on any atom is -0.343 e. The van der Waals surface area contributed by atoms with Crippen LogP contribution in [0, 0.1) is 29.6 Å². The Morgan fingerprint density at radius 3 is 1.71 bits per heavy atom. The van der Waals surface area contributed by atoms with Crippen molar-refractivity contribution in [2.75, 3.05) is 65.4 Å². The van der Waals surface area contributed by atoms with Gasteiger partial charge in [0.1, 0.15) is 0 Å². The lowest BCUT2D eigenvalue weighted by Gasteiger charge is -2.46. The van der Waals surface area contributed by atoms with Crippen LogP contribution in [-0.4, -0.2) is 113 Å². The molecule has 236 valence electrons. The van der Waals surface area contributed by atoms with Gasteiger partial charge in [0.05, 0.1) is 0 Å². The zero-order chi connectivity index (χ0) is 29.7. The van der Waals surface area contributed by atoms with Crippen molar-refractivity contribution in [1.29, 1.82) is 0 Å². The largest absolute Gasteiger partial charge is 0.343 e. The Morgan fingerprint density at radius 1 is 0.659 bits per heavy atom. The molecule has 0 aromatic heterocycles. The van der Waals surface area contributed by atoms with E-state index in [1.165, 1.54) is 19.3 Å². The molecule has 0 radical (unpaired) electrons. The summed E-state index contributed by atoms with van der Waals surface area (Å²) in [6, 6.07) is 0.827. The third-order valence-corrected chi connectivity index (χ3v) is 11.5. The number of rotatable bonds is 8. The summed E-state index contributed by atoms with van der Waals surface area (Å²) in [5.74, 6) is 3.83. The number of nitrogens with zero attached hydrogens (tertiary/aromatic N) is 5. The summed E-state index contributed by atoms with van der Waals surface area (Å²) in [5.41, 5.74) is 0.177. The molecular weight excluding hydrogens is 510 g/mol. The van der Waals surface area contributed by atoms with E-state index in [1.54, 1.807) is 0 Å². The van der Waals surface area contributed by atoms with Gasteiger partial charge in [0.15, 0.2) is 0 Å². The lowest BCUT2D eigenvalue weighted by Crippen LogP contribution is -2.55. The molecule has 4 saturated heterocycles. The number of hydrogen-bond acceptors (Lipinski definition) is 4. The number of urea groups is 1. The van der Waals surface area contributed by atoms with Crippen LogP contribution < -0.4 is 0 Å². The summed E-state index contributed by atoms with van der Waals surface area (Å²) in [5, 5.41) is 0. The number of carbonyl (C=O) groups excluding carboxylic acids is 2. The normalized spacial score (nSPS) is 24.5. The third-order valence-electron chi connectivity index (χ3n) is 11.5. The first-order valence-corrected chi connectivity index (χ1v) is 17.2. The molecule has 0 aromatic rings. The molecule has 1 atom stereocenters. The van der Waals surface area contributed by atoms with Crippen LogP contribution in [0.15, 0.2) is 0 Å². The van der Waals surface area contributed by atoms with E-state index in [0.717, 1.165) is 109 Å². The molecule has 0 aromatic carbocycles. The first kappa shape index (κ1) is 32.6. The van der Waals surface area contributed by atoms with E-state index >= 15 is 0 Å². The van der Waals surface area contributed by atoms with Gasteiger partial charge in [-0.2, -0.15) is 0 Å². The van der Waals surface area contributed by atoms with E-state index in [1.807, 2.05) is 0 Å². The van der Waals surface area contributed by atoms with Gasteiger partial charge < -0.3 is 14.7 Å². The van der Waals surface area contributed by atoms with Gasteiger partial charge in [0.25, 0.3) is 0 Å². The van der Waals surface area contributed by atoms with Gasteiger partial charge in [0, 0.05) is 70.4 Å². The summed E-state index contributed by atoms with van der Waals surface area (Å²) in [7, 11) is 0. The monoisotopic (exact) mass is 573 g/mol. The van der Waals surface area contributed by atoms with Gasteiger partial charge >= 0.3 is 6.03 Å². The van der Waals surface area contributed by atoms with E-state index in [0.29, 0.717) is 29.7 Å². The van der Waals surface area contributed by atoms with Crippen LogP contribution in [0.5, 0.6) is 0 Å². The fraction of sp³-hybridized carbons (Fsp3) is 0.941. The summed E-state index contributed by atoms with van der Waals surface area (Å²) < 4.78 is 0. The number of likely N-dealkylation sites (tertiary alicyclic amines) is 3. The maximum atomic E-state index is 13.2. The van der Waals surface area contributed by atoms with Gasteiger partial charge in [-0.15, -0.1) is 0 Å². The van der Waals surface area contributed by atoms with E-state index in [4.69, 9.17) is 0 Å². The highest BCUT2D eigenvalue weighted by atomic mass is 16.2. The van der Waals surface area contributed by atoms with E-state index < -0.39 is 0 Å². The predicted octanol–water partition coefficient (Wildman–Crippen LogP) is 5.65. The van der Waals surface area contributed by atoms with Gasteiger partial charge in [-0.1, -0.05) is 20.8 Å². The second-order valence-corrected chi connectivity index (χ2v) is 15.3. The van der Waals surface area contributed by atoms with Crippen molar-refractivity contribution in [2.45, 2.75) is 111 Å². The number of piperidine rings is 3. The Bertz CT molecular complexity index is 828. The van der Waals surface area contributed by atoms with Gasteiger partial charge in [0.2, 0.25) is 5.91 Å². The highest BCUT2D eigenvalue weighted by molar-refractivity contribution is 5.76. The lowest BCUT2D eigenvalue weighted by atomic mass is 9.77. The molecule has 7 heteroatoms. The second-order valence-electron chi connectivity index (χ2n) is 15.3. The fourth-order valence-corrected chi connectivity index (χ4v) is 8.31. The van der Waals surface area contributed by atoms with Gasteiger partial charge in [-0.25, -0.2) is 4.79 Å². The Kier molecular flexibility index (Phi) is 11.5. The molecule has 0 spiro atoms. The van der Waals surface area contributed by atoms with Crippen molar-refractivity contribution < 1.29 is 9.59 Å². The molecule has 7 nitrogen and oxygen atoms in total. The Balaban J connectivity index is 1.15. The fourth-order valence-electron chi connectivity index (χ4n) is 8.31.